The van der Waals surface area contributed by atoms with Crippen LogP contribution in [0.1, 0.15) is 58.8 Å². The van der Waals surface area contributed by atoms with Crippen LogP contribution < -0.4 is 10.6 Å². The molecule has 5 nitrogen and oxygen atoms in total. The molecule has 0 saturated heterocycles. The third-order valence-electron chi connectivity index (χ3n) is 5.49. The molecule has 2 saturated carbocycles. The second-order valence-corrected chi connectivity index (χ2v) is 7.36. The van der Waals surface area contributed by atoms with Gasteiger partial charge in [-0.3, -0.25) is 4.99 Å². The van der Waals surface area contributed by atoms with Crippen molar-refractivity contribution in [1.29, 1.82) is 0 Å². The van der Waals surface area contributed by atoms with Gasteiger partial charge < -0.3 is 20.5 Å². The monoisotopic (exact) mass is 453 g/mol. The largest absolute Gasteiger partial charge is 0.396 e. The average molecular weight is 453 g/mol. The highest BCUT2D eigenvalue weighted by molar-refractivity contribution is 14.0. The van der Waals surface area contributed by atoms with E-state index in [1.807, 2.05) is 0 Å². The maximum atomic E-state index is 9.44. The van der Waals surface area contributed by atoms with E-state index in [9.17, 15) is 5.11 Å². The number of guanidine groups is 1. The Balaban J connectivity index is 0.00000288. The van der Waals surface area contributed by atoms with Crippen molar-refractivity contribution in [2.45, 2.75) is 58.8 Å². The van der Waals surface area contributed by atoms with Gasteiger partial charge in [-0.2, -0.15) is 0 Å². The SMILES string of the molecule is CCNC(=NCC1(CO)CC1)NCC1(CCOCC)CCCC1.I. The molecule has 0 aromatic heterocycles. The number of hydrogen-bond donors (Lipinski definition) is 3. The summed E-state index contributed by atoms with van der Waals surface area (Å²) in [5, 5.41) is 16.3. The van der Waals surface area contributed by atoms with Gasteiger partial charge in [-0.25, -0.2) is 0 Å². The summed E-state index contributed by atoms with van der Waals surface area (Å²) in [6, 6.07) is 0. The molecule has 0 atom stereocenters. The van der Waals surface area contributed by atoms with Gasteiger partial charge in [0.2, 0.25) is 0 Å². The first-order chi connectivity index (χ1) is 11.2. The summed E-state index contributed by atoms with van der Waals surface area (Å²) in [6.07, 6.45) is 8.56. The quantitative estimate of drug-likeness (QED) is 0.206. The molecule has 6 heteroatoms. The molecule has 3 N–H and O–H groups in total. The summed E-state index contributed by atoms with van der Waals surface area (Å²) in [5.41, 5.74) is 0.433. The average Bonchev–Trinajstić information content (AvgIpc) is 3.21. The molecule has 0 aromatic rings. The first kappa shape index (κ1) is 22.0. The van der Waals surface area contributed by atoms with Crippen LogP contribution in [0.5, 0.6) is 0 Å². The van der Waals surface area contributed by atoms with Crippen molar-refractivity contribution in [3.05, 3.63) is 0 Å². The highest BCUT2D eigenvalue weighted by Gasteiger charge is 2.42. The van der Waals surface area contributed by atoms with E-state index in [4.69, 9.17) is 9.73 Å². The molecule has 142 valence electrons. The molecule has 2 rings (SSSR count). The first-order valence-electron chi connectivity index (χ1n) is 9.38. The number of nitrogens with zero attached hydrogens (tertiary/aromatic N) is 1. The van der Waals surface area contributed by atoms with E-state index in [0.717, 1.165) is 58.1 Å². The number of aliphatic hydroxyl groups is 1. The van der Waals surface area contributed by atoms with Gasteiger partial charge in [-0.05, 0) is 51.4 Å². The lowest BCUT2D eigenvalue weighted by atomic mass is 9.83. The van der Waals surface area contributed by atoms with E-state index < -0.39 is 0 Å². The zero-order chi connectivity index (χ0) is 16.6. The van der Waals surface area contributed by atoms with E-state index in [1.165, 1.54) is 25.7 Å². The van der Waals surface area contributed by atoms with Gasteiger partial charge in [0.05, 0.1) is 13.2 Å². The Kier molecular flexibility index (Phi) is 9.89. The van der Waals surface area contributed by atoms with Crippen LogP contribution in [0.15, 0.2) is 4.99 Å². The summed E-state index contributed by atoms with van der Waals surface area (Å²) in [5.74, 6) is 0.898. The van der Waals surface area contributed by atoms with Gasteiger partial charge in [-0.1, -0.05) is 12.8 Å². The molecular weight excluding hydrogens is 417 g/mol. The molecule has 0 aliphatic heterocycles. The lowest BCUT2D eigenvalue weighted by Crippen LogP contribution is -2.43. The van der Waals surface area contributed by atoms with Crippen LogP contribution in [0.25, 0.3) is 0 Å². The van der Waals surface area contributed by atoms with Crippen LogP contribution in [-0.2, 0) is 4.74 Å². The molecule has 0 unspecified atom stereocenters. The normalized spacial score (nSPS) is 21.2. The minimum atomic E-state index is 0. The Morgan fingerprint density at radius 3 is 2.33 bits per heavy atom. The van der Waals surface area contributed by atoms with Gasteiger partial charge in [0.1, 0.15) is 0 Å². The van der Waals surface area contributed by atoms with Gasteiger partial charge in [0.15, 0.2) is 5.96 Å². The standard InChI is InChI=1S/C18H35N3O2.HI/c1-3-19-16(21-14-18(15-22)9-10-18)20-13-17(7-5-6-8-17)11-12-23-4-2;/h22H,3-15H2,1-2H3,(H2,19,20,21);1H. The third-order valence-corrected chi connectivity index (χ3v) is 5.49. The van der Waals surface area contributed by atoms with Crippen molar-refractivity contribution >= 4 is 29.9 Å². The van der Waals surface area contributed by atoms with Gasteiger partial charge in [0.25, 0.3) is 0 Å². The first-order valence-corrected chi connectivity index (χ1v) is 9.38. The fraction of sp³-hybridized carbons (Fsp3) is 0.944. The third kappa shape index (κ3) is 6.67. The van der Waals surface area contributed by atoms with Crippen LogP contribution in [-0.4, -0.2) is 50.5 Å². The summed E-state index contributed by atoms with van der Waals surface area (Å²) < 4.78 is 5.59. The minimum Gasteiger partial charge on any atom is -0.396 e. The van der Waals surface area contributed by atoms with Gasteiger partial charge in [-0.15, -0.1) is 24.0 Å². The molecule has 0 amide bonds. The molecule has 24 heavy (non-hydrogen) atoms. The van der Waals surface area contributed by atoms with E-state index in [1.54, 1.807) is 0 Å². The van der Waals surface area contributed by atoms with E-state index in [2.05, 4.69) is 24.5 Å². The minimum absolute atomic E-state index is 0. The molecule has 0 aromatic carbocycles. The molecule has 0 bridgehead atoms. The summed E-state index contributed by atoms with van der Waals surface area (Å²) in [7, 11) is 0. The second kappa shape index (κ2) is 10.8. The predicted molar refractivity (Wildman–Crippen MR) is 110 cm³/mol. The van der Waals surface area contributed by atoms with E-state index in [0.29, 0.717) is 5.41 Å². The number of nitrogens with one attached hydrogen (secondary N) is 2. The summed E-state index contributed by atoms with van der Waals surface area (Å²) in [6.45, 7) is 8.64. The second-order valence-electron chi connectivity index (χ2n) is 7.36. The molecule has 2 aliphatic rings. The van der Waals surface area contributed by atoms with Crippen LogP contribution in [0.2, 0.25) is 0 Å². The van der Waals surface area contributed by atoms with Crippen LogP contribution in [0.3, 0.4) is 0 Å². The number of hydrogen-bond acceptors (Lipinski definition) is 3. The van der Waals surface area contributed by atoms with E-state index >= 15 is 0 Å². The summed E-state index contributed by atoms with van der Waals surface area (Å²) in [4.78, 5) is 4.71. The topological polar surface area (TPSA) is 65.9 Å². The Labute approximate surface area is 164 Å². The van der Waals surface area contributed by atoms with Crippen molar-refractivity contribution in [1.82, 2.24) is 10.6 Å². The predicted octanol–water partition coefficient (Wildman–Crippen LogP) is 2.92. The Morgan fingerprint density at radius 2 is 1.79 bits per heavy atom. The van der Waals surface area contributed by atoms with Gasteiger partial charge in [0, 0.05) is 31.7 Å². The molecule has 0 radical (unpaired) electrons. The maximum Gasteiger partial charge on any atom is 0.191 e. The Hall–Kier alpha value is -0.0800. The smallest absolute Gasteiger partial charge is 0.191 e. The zero-order valence-electron chi connectivity index (χ0n) is 15.4. The molecular formula is C18H36IN3O2. The highest BCUT2D eigenvalue weighted by Crippen LogP contribution is 2.45. The number of rotatable bonds is 10. The number of ether oxygens (including phenoxy) is 1. The fourth-order valence-electron chi connectivity index (χ4n) is 3.48. The van der Waals surface area contributed by atoms with Crippen LogP contribution in [0.4, 0.5) is 0 Å². The van der Waals surface area contributed by atoms with Crippen LogP contribution in [0, 0.1) is 10.8 Å². The van der Waals surface area contributed by atoms with Gasteiger partial charge >= 0.3 is 0 Å². The van der Waals surface area contributed by atoms with E-state index in [-0.39, 0.29) is 36.0 Å². The Morgan fingerprint density at radius 1 is 1.08 bits per heavy atom. The van der Waals surface area contributed by atoms with Crippen molar-refractivity contribution in [3.63, 3.8) is 0 Å². The number of aliphatic imine (C=N–C) groups is 1. The lowest BCUT2D eigenvalue weighted by Gasteiger charge is -2.30. The molecule has 2 aliphatic carbocycles. The van der Waals surface area contributed by atoms with Crippen molar-refractivity contribution in [2.24, 2.45) is 15.8 Å². The zero-order valence-corrected chi connectivity index (χ0v) is 17.7. The highest BCUT2D eigenvalue weighted by atomic mass is 127. The van der Waals surface area contributed by atoms with Crippen molar-refractivity contribution in [3.8, 4) is 0 Å². The molecule has 0 spiro atoms. The van der Waals surface area contributed by atoms with Crippen molar-refractivity contribution < 1.29 is 9.84 Å². The summed E-state index contributed by atoms with van der Waals surface area (Å²) >= 11 is 0. The molecule has 2 fully saturated rings. The number of aliphatic hydroxyl groups excluding tert-OH is 1. The maximum absolute atomic E-state index is 9.44. The fourth-order valence-corrected chi connectivity index (χ4v) is 3.48. The number of halogens is 1. The lowest BCUT2D eigenvalue weighted by molar-refractivity contribution is 0.105. The van der Waals surface area contributed by atoms with Crippen LogP contribution >= 0.6 is 24.0 Å². The Bertz CT molecular complexity index is 380. The van der Waals surface area contributed by atoms with Crippen molar-refractivity contribution in [2.75, 3.05) is 39.5 Å². The molecule has 0 heterocycles.